The maximum Gasteiger partial charge on any atom is 0.310 e. The molecule has 0 aliphatic carbocycles. The molecule has 0 rings (SSSR count). The van der Waals surface area contributed by atoms with Gasteiger partial charge in [-0.25, -0.2) is 0 Å². The van der Waals surface area contributed by atoms with Crippen molar-refractivity contribution in [2.24, 2.45) is 5.73 Å². The zero-order chi connectivity index (χ0) is 11.2. The molecule has 0 bridgehead atoms. The Hall–Kier alpha value is -0.650. The van der Waals surface area contributed by atoms with E-state index in [4.69, 9.17) is 20.3 Å². The van der Waals surface area contributed by atoms with Crippen LogP contribution in [0.5, 0.6) is 0 Å². The smallest absolute Gasteiger partial charge is 0.310 e. The Morgan fingerprint density at radius 2 is 2.07 bits per heavy atom. The summed E-state index contributed by atoms with van der Waals surface area (Å²) in [6, 6.07) is 0. The molecule has 0 saturated heterocycles. The number of aliphatic hydroxyl groups is 1. The van der Waals surface area contributed by atoms with Crippen molar-refractivity contribution in [1.29, 1.82) is 0 Å². The van der Waals surface area contributed by atoms with Crippen LogP contribution < -0.4 is 5.73 Å². The molecule has 14 heavy (non-hydrogen) atoms. The van der Waals surface area contributed by atoms with Gasteiger partial charge in [-0.2, -0.15) is 0 Å². The van der Waals surface area contributed by atoms with Gasteiger partial charge < -0.3 is 20.3 Å². The lowest BCUT2D eigenvalue weighted by molar-refractivity contribution is -0.158. The van der Waals surface area contributed by atoms with Gasteiger partial charge in [-0.3, -0.25) is 4.79 Å². The first-order valence-electron chi connectivity index (χ1n) is 4.55. The van der Waals surface area contributed by atoms with Crippen LogP contribution in [0.2, 0.25) is 0 Å². The number of rotatable bonds is 5. The summed E-state index contributed by atoms with van der Waals surface area (Å²) < 4.78 is 9.93. The first-order chi connectivity index (χ1) is 6.35. The predicted molar refractivity (Wildman–Crippen MR) is 51.5 cm³/mol. The topological polar surface area (TPSA) is 81.8 Å². The van der Waals surface area contributed by atoms with Crippen LogP contribution in [0, 0.1) is 0 Å². The third kappa shape index (κ3) is 7.97. The number of esters is 1. The lowest BCUT2D eigenvalue weighted by Gasteiger charge is -2.20. The third-order valence-corrected chi connectivity index (χ3v) is 1.21. The average Bonchev–Trinajstić information content (AvgIpc) is 1.96. The normalized spacial score (nSPS) is 13.8. The zero-order valence-electron chi connectivity index (χ0n) is 8.95. The standard InChI is InChI=1S/C9H19NO4/c1-9(2,3)14-8(12)6-7(10)13-5-4-11/h7,11H,4-6,10H2,1-3H3. The van der Waals surface area contributed by atoms with E-state index in [1.54, 1.807) is 20.8 Å². The average molecular weight is 205 g/mol. The summed E-state index contributed by atoms with van der Waals surface area (Å²) in [5.74, 6) is -0.400. The molecule has 0 radical (unpaired) electrons. The van der Waals surface area contributed by atoms with E-state index in [0.29, 0.717) is 0 Å². The summed E-state index contributed by atoms with van der Waals surface area (Å²) in [5, 5.41) is 8.44. The van der Waals surface area contributed by atoms with E-state index < -0.39 is 17.8 Å². The molecule has 1 atom stereocenters. The van der Waals surface area contributed by atoms with Crippen molar-refractivity contribution in [2.45, 2.75) is 39.0 Å². The van der Waals surface area contributed by atoms with Crippen molar-refractivity contribution >= 4 is 5.97 Å². The Labute approximate surface area is 84.2 Å². The van der Waals surface area contributed by atoms with Crippen LogP contribution >= 0.6 is 0 Å². The van der Waals surface area contributed by atoms with Crippen molar-refractivity contribution in [2.75, 3.05) is 13.2 Å². The van der Waals surface area contributed by atoms with E-state index in [1.807, 2.05) is 0 Å². The largest absolute Gasteiger partial charge is 0.460 e. The number of carbonyl (C=O) groups is 1. The Balaban J connectivity index is 3.71. The van der Waals surface area contributed by atoms with Crippen molar-refractivity contribution in [1.82, 2.24) is 0 Å². The Bertz CT molecular complexity index is 176. The van der Waals surface area contributed by atoms with Gasteiger partial charge in [0.05, 0.1) is 19.6 Å². The van der Waals surface area contributed by atoms with Gasteiger partial charge in [0.15, 0.2) is 0 Å². The van der Waals surface area contributed by atoms with Gasteiger partial charge in [-0.1, -0.05) is 0 Å². The third-order valence-electron chi connectivity index (χ3n) is 1.21. The van der Waals surface area contributed by atoms with Gasteiger partial charge in [0.1, 0.15) is 11.8 Å². The van der Waals surface area contributed by atoms with Crippen molar-refractivity contribution in [3.63, 3.8) is 0 Å². The summed E-state index contributed by atoms with van der Waals surface area (Å²) in [7, 11) is 0. The van der Waals surface area contributed by atoms with E-state index in [0.717, 1.165) is 0 Å². The summed E-state index contributed by atoms with van der Waals surface area (Å²) in [6.45, 7) is 5.37. The summed E-state index contributed by atoms with van der Waals surface area (Å²) in [5.41, 5.74) is 4.94. The fraction of sp³-hybridized carbons (Fsp3) is 0.889. The van der Waals surface area contributed by atoms with E-state index in [9.17, 15) is 4.79 Å². The molecule has 0 aromatic carbocycles. The van der Waals surface area contributed by atoms with Crippen LogP contribution in [0.15, 0.2) is 0 Å². The molecule has 0 aliphatic rings. The SMILES string of the molecule is CC(C)(C)OC(=O)CC(N)OCCO. The minimum atomic E-state index is -0.711. The van der Waals surface area contributed by atoms with Crippen LogP contribution in [0.1, 0.15) is 27.2 Å². The van der Waals surface area contributed by atoms with Gasteiger partial charge in [0.25, 0.3) is 0 Å². The highest BCUT2D eigenvalue weighted by atomic mass is 16.6. The second kappa shape index (κ2) is 5.95. The minimum absolute atomic E-state index is 0.00271. The summed E-state index contributed by atoms with van der Waals surface area (Å²) >= 11 is 0. The van der Waals surface area contributed by atoms with Crippen molar-refractivity contribution in [3.8, 4) is 0 Å². The fourth-order valence-corrected chi connectivity index (χ4v) is 0.810. The van der Waals surface area contributed by atoms with Crippen LogP contribution in [0.25, 0.3) is 0 Å². The second-order valence-electron chi connectivity index (χ2n) is 3.92. The number of hydrogen-bond donors (Lipinski definition) is 2. The van der Waals surface area contributed by atoms with Gasteiger partial charge in [-0.15, -0.1) is 0 Å². The molecular weight excluding hydrogens is 186 g/mol. The van der Waals surface area contributed by atoms with Crippen LogP contribution in [0.4, 0.5) is 0 Å². The molecule has 0 amide bonds. The molecular formula is C9H19NO4. The lowest BCUT2D eigenvalue weighted by Crippen LogP contribution is -2.32. The summed E-state index contributed by atoms with van der Waals surface area (Å²) in [6.07, 6.45) is -0.714. The molecule has 0 aromatic heterocycles. The molecule has 3 N–H and O–H groups in total. The molecule has 0 heterocycles. The maximum absolute atomic E-state index is 11.2. The van der Waals surface area contributed by atoms with Gasteiger partial charge >= 0.3 is 5.97 Å². The predicted octanol–water partition coefficient (Wildman–Crippen LogP) is 0.0119. The minimum Gasteiger partial charge on any atom is -0.460 e. The molecule has 0 saturated carbocycles. The van der Waals surface area contributed by atoms with E-state index >= 15 is 0 Å². The first kappa shape index (κ1) is 13.4. The Morgan fingerprint density at radius 3 is 2.50 bits per heavy atom. The molecule has 0 fully saturated rings. The number of nitrogens with two attached hydrogens (primary N) is 1. The molecule has 0 aliphatic heterocycles. The summed E-state index contributed by atoms with van der Waals surface area (Å²) in [4.78, 5) is 11.2. The Morgan fingerprint density at radius 1 is 1.50 bits per heavy atom. The molecule has 5 nitrogen and oxygen atoms in total. The molecule has 0 aromatic rings. The monoisotopic (exact) mass is 205 g/mol. The fourth-order valence-electron chi connectivity index (χ4n) is 0.810. The molecule has 1 unspecified atom stereocenters. The number of hydrogen-bond acceptors (Lipinski definition) is 5. The number of aliphatic hydroxyl groups excluding tert-OH is 1. The van der Waals surface area contributed by atoms with E-state index in [2.05, 4.69) is 0 Å². The Kier molecular flexibility index (Phi) is 5.68. The zero-order valence-corrected chi connectivity index (χ0v) is 8.95. The van der Waals surface area contributed by atoms with Crippen molar-refractivity contribution in [3.05, 3.63) is 0 Å². The second-order valence-corrected chi connectivity index (χ2v) is 3.92. The van der Waals surface area contributed by atoms with Crippen LogP contribution in [-0.2, 0) is 14.3 Å². The van der Waals surface area contributed by atoms with Gasteiger partial charge in [-0.05, 0) is 20.8 Å². The van der Waals surface area contributed by atoms with Crippen molar-refractivity contribution < 1.29 is 19.4 Å². The maximum atomic E-state index is 11.2. The highest BCUT2D eigenvalue weighted by molar-refractivity contribution is 5.70. The highest BCUT2D eigenvalue weighted by Gasteiger charge is 2.18. The van der Waals surface area contributed by atoms with E-state index in [1.165, 1.54) is 0 Å². The van der Waals surface area contributed by atoms with Gasteiger partial charge in [0, 0.05) is 0 Å². The van der Waals surface area contributed by atoms with E-state index in [-0.39, 0.29) is 19.6 Å². The van der Waals surface area contributed by atoms with Gasteiger partial charge in [0.2, 0.25) is 0 Å². The molecule has 5 heteroatoms. The molecule has 0 spiro atoms. The van der Waals surface area contributed by atoms with Crippen LogP contribution in [0.3, 0.4) is 0 Å². The highest BCUT2D eigenvalue weighted by Crippen LogP contribution is 2.08. The first-order valence-corrected chi connectivity index (χ1v) is 4.55. The molecule has 84 valence electrons. The van der Waals surface area contributed by atoms with Crippen LogP contribution in [-0.4, -0.2) is 36.1 Å². The number of carbonyl (C=O) groups excluding carboxylic acids is 1. The quantitative estimate of drug-likeness (QED) is 0.488. The number of ether oxygens (including phenoxy) is 2. The lowest BCUT2D eigenvalue weighted by atomic mass is 10.2.